The number of carbonyl (C=O) groups is 2. The van der Waals surface area contributed by atoms with E-state index in [0.29, 0.717) is 27.0 Å². The van der Waals surface area contributed by atoms with Gasteiger partial charge < -0.3 is 15.4 Å². The highest BCUT2D eigenvalue weighted by Crippen LogP contribution is 2.38. The number of rotatable bonds is 8. The minimum Gasteiger partial charge on any atom is -0.495 e. The molecular weight excluding hydrogens is 488 g/mol. The second kappa shape index (κ2) is 11.2. The van der Waals surface area contributed by atoms with Crippen LogP contribution in [0.1, 0.15) is 20.5 Å². The van der Waals surface area contributed by atoms with Crippen LogP contribution < -0.4 is 15.4 Å². The molecule has 1 aromatic heterocycles. The fourth-order valence-corrected chi connectivity index (χ4v) is 5.14. The van der Waals surface area contributed by atoms with Crippen molar-refractivity contribution in [2.24, 2.45) is 0 Å². The van der Waals surface area contributed by atoms with Crippen molar-refractivity contribution >= 4 is 57.9 Å². The first-order valence-electron chi connectivity index (χ1n) is 10.3. The fourth-order valence-electron chi connectivity index (χ4n) is 3.26. The Kier molecular flexibility index (Phi) is 7.90. The molecule has 4 rings (SSSR count). The highest BCUT2D eigenvalue weighted by atomic mass is 35.5. The Morgan fingerprint density at radius 2 is 1.76 bits per heavy atom. The molecule has 2 amide bonds. The molecule has 34 heavy (non-hydrogen) atoms. The van der Waals surface area contributed by atoms with Gasteiger partial charge in [0.25, 0.3) is 5.91 Å². The largest absolute Gasteiger partial charge is 0.495 e. The minimum absolute atomic E-state index is 0.164. The van der Waals surface area contributed by atoms with Gasteiger partial charge >= 0.3 is 0 Å². The number of amides is 2. The molecule has 0 fully saturated rings. The summed E-state index contributed by atoms with van der Waals surface area (Å²) in [7, 11) is 1.54. The fraction of sp³-hybridized carbons (Fsp3) is 0.0769. The standard InChI is InChI=1S/C26H21ClN2O3S2/c1-32-22-13-12-18(27)15-21(22)29-26(31)24(17-7-3-2-4-8-17)34-20-10-5-9-19(16-20)28-25(30)23-11-6-14-33-23/h2-16,24H,1H3,(H,28,30)(H,29,31). The predicted octanol–water partition coefficient (Wildman–Crippen LogP) is 7.13. The number of halogens is 1. The SMILES string of the molecule is COc1ccc(Cl)cc1NC(=O)C(Sc1cccc(NC(=O)c2cccs2)c1)c1ccccc1. The van der Waals surface area contributed by atoms with Crippen LogP contribution in [0.3, 0.4) is 0 Å². The van der Waals surface area contributed by atoms with Crippen LogP contribution in [0.2, 0.25) is 5.02 Å². The number of benzene rings is 3. The third kappa shape index (κ3) is 5.99. The zero-order valence-corrected chi connectivity index (χ0v) is 20.5. The molecule has 3 aromatic carbocycles. The molecule has 1 heterocycles. The van der Waals surface area contributed by atoms with Crippen LogP contribution in [0.5, 0.6) is 5.75 Å². The van der Waals surface area contributed by atoms with Gasteiger partial charge in [0.2, 0.25) is 5.91 Å². The summed E-state index contributed by atoms with van der Waals surface area (Å²) in [5, 5.41) is 7.67. The van der Waals surface area contributed by atoms with Crippen molar-refractivity contribution in [3.63, 3.8) is 0 Å². The Morgan fingerprint density at radius 1 is 0.941 bits per heavy atom. The molecule has 0 aliphatic rings. The lowest BCUT2D eigenvalue weighted by molar-refractivity contribution is -0.115. The van der Waals surface area contributed by atoms with Gasteiger partial charge in [0.1, 0.15) is 11.0 Å². The van der Waals surface area contributed by atoms with Gasteiger partial charge in [-0.15, -0.1) is 23.1 Å². The number of thiophene rings is 1. The molecule has 0 spiro atoms. The molecule has 1 atom stereocenters. The van der Waals surface area contributed by atoms with E-state index >= 15 is 0 Å². The van der Waals surface area contributed by atoms with Gasteiger partial charge in [0.15, 0.2) is 0 Å². The van der Waals surface area contributed by atoms with E-state index in [-0.39, 0.29) is 11.8 Å². The van der Waals surface area contributed by atoms with Crippen molar-refractivity contribution in [2.45, 2.75) is 10.1 Å². The van der Waals surface area contributed by atoms with Crippen molar-refractivity contribution in [1.82, 2.24) is 0 Å². The first kappa shape index (κ1) is 23.9. The van der Waals surface area contributed by atoms with E-state index < -0.39 is 5.25 Å². The number of carbonyl (C=O) groups excluding carboxylic acids is 2. The lowest BCUT2D eigenvalue weighted by atomic mass is 10.1. The number of hydrogen-bond acceptors (Lipinski definition) is 5. The summed E-state index contributed by atoms with van der Waals surface area (Å²) in [5.74, 6) is 0.139. The predicted molar refractivity (Wildman–Crippen MR) is 140 cm³/mol. The van der Waals surface area contributed by atoms with E-state index in [0.717, 1.165) is 10.5 Å². The molecule has 0 saturated heterocycles. The maximum Gasteiger partial charge on any atom is 0.265 e. The summed E-state index contributed by atoms with van der Waals surface area (Å²) in [6, 6.07) is 25.7. The Morgan fingerprint density at radius 3 is 2.50 bits per heavy atom. The summed E-state index contributed by atoms with van der Waals surface area (Å²) in [6.07, 6.45) is 0. The second-order valence-corrected chi connectivity index (χ2v) is 9.76. The van der Waals surface area contributed by atoms with Gasteiger partial charge in [-0.2, -0.15) is 0 Å². The van der Waals surface area contributed by atoms with Crippen molar-refractivity contribution in [1.29, 1.82) is 0 Å². The summed E-state index contributed by atoms with van der Waals surface area (Å²) in [5.41, 5.74) is 2.00. The highest BCUT2D eigenvalue weighted by molar-refractivity contribution is 8.00. The van der Waals surface area contributed by atoms with E-state index in [4.69, 9.17) is 16.3 Å². The Labute approximate surface area is 211 Å². The second-order valence-electron chi connectivity index (χ2n) is 7.20. The summed E-state index contributed by atoms with van der Waals surface area (Å²) >= 11 is 8.91. The molecular formula is C26H21ClN2O3S2. The number of ether oxygens (including phenoxy) is 1. The lowest BCUT2D eigenvalue weighted by Crippen LogP contribution is -2.19. The van der Waals surface area contributed by atoms with Gasteiger partial charge in [0.05, 0.1) is 17.7 Å². The first-order valence-corrected chi connectivity index (χ1v) is 12.5. The molecule has 0 bridgehead atoms. The molecule has 0 radical (unpaired) electrons. The molecule has 172 valence electrons. The molecule has 8 heteroatoms. The maximum absolute atomic E-state index is 13.4. The third-order valence-electron chi connectivity index (χ3n) is 4.85. The Balaban J connectivity index is 1.57. The van der Waals surface area contributed by atoms with E-state index in [1.54, 1.807) is 24.3 Å². The van der Waals surface area contributed by atoms with Gasteiger partial charge in [-0.3, -0.25) is 9.59 Å². The van der Waals surface area contributed by atoms with Crippen LogP contribution in [0.15, 0.2) is 95.2 Å². The summed E-state index contributed by atoms with van der Waals surface area (Å²) in [4.78, 5) is 27.3. The van der Waals surface area contributed by atoms with Gasteiger partial charge in [0, 0.05) is 15.6 Å². The maximum atomic E-state index is 13.4. The smallest absolute Gasteiger partial charge is 0.265 e. The summed E-state index contributed by atoms with van der Waals surface area (Å²) in [6.45, 7) is 0. The zero-order valence-electron chi connectivity index (χ0n) is 18.2. The third-order valence-corrected chi connectivity index (χ3v) is 7.20. The molecule has 0 aliphatic carbocycles. The van der Waals surface area contributed by atoms with Gasteiger partial charge in [-0.1, -0.05) is 54.1 Å². The van der Waals surface area contributed by atoms with Crippen LogP contribution in [0.25, 0.3) is 0 Å². The lowest BCUT2D eigenvalue weighted by Gasteiger charge is -2.19. The number of nitrogens with one attached hydrogen (secondary N) is 2. The molecule has 0 aliphatic heterocycles. The molecule has 5 nitrogen and oxygen atoms in total. The Hall–Kier alpha value is -3.26. The average Bonchev–Trinajstić information content (AvgIpc) is 3.39. The monoisotopic (exact) mass is 508 g/mol. The van der Waals surface area contributed by atoms with Crippen molar-refractivity contribution in [2.75, 3.05) is 17.7 Å². The van der Waals surface area contributed by atoms with Crippen molar-refractivity contribution in [3.05, 3.63) is 106 Å². The molecule has 0 saturated carbocycles. The van der Waals surface area contributed by atoms with Crippen molar-refractivity contribution in [3.8, 4) is 5.75 Å². The topological polar surface area (TPSA) is 67.4 Å². The highest BCUT2D eigenvalue weighted by Gasteiger charge is 2.23. The quantitative estimate of drug-likeness (QED) is 0.248. The number of thioether (sulfide) groups is 1. The van der Waals surface area contributed by atoms with Gasteiger partial charge in [-0.05, 0) is 53.4 Å². The van der Waals surface area contributed by atoms with E-state index in [2.05, 4.69) is 10.6 Å². The van der Waals surface area contributed by atoms with Crippen LogP contribution in [0, 0.1) is 0 Å². The number of anilines is 2. The summed E-state index contributed by atoms with van der Waals surface area (Å²) < 4.78 is 5.37. The van der Waals surface area contributed by atoms with Crippen LogP contribution in [-0.4, -0.2) is 18.9 Å². The first-order chi connectivity index (χ1) is 16.5. The van der Waals surface area contributed by atoms with Crippen LogP contribution in [0.4, 0.5) is 11.4 Å². The van der Waals surface area contributed by atoms with Crippen molar-refractivity contribution < 1.29 is 14.3 Å². The van der Waals surface area contributed by atoms with E-state index in [1.807, 2.05) is 66.0 Å². The van der Waals surface area contributed by atoms with Crippen LogP contribution in [-0.2, 0) is 4.79 Å². The average molecular weight is 509 g/mol. The zero-order chi connectivity index (χ0) is 23.9. The normalized spacial score (nSPS) is 11.5. The molecule has 1 unspecified atom stereocenters. The van der Waals surface area contributed by atoms with Gasteiger partial charge in [-0.25, -0.2) is 0 Å². The molecule has 4 aromatic rings. The van der Waals surface area contributed by atoms with Crippen LogP contribution >= 0.6 is 34.7 Å². The minimum atomic E-state index is -0.548. The van der Waals surface area contributed by atoms with E-state index in [1.165, 1.54) is 30.2 Å². The number of hydrogen-bond donors (Lipinski definition) is 2. The Bertz CT molecular complexity index is 1280. The molecule has 2 N–H and O–H groups in total. The number of methoxy groups -OCH3 is 1. The van der Waals surface area contributed by atoms with E-state index in [9.17, 15) is 9.59 Å².